The third-order valence-corrected chi connectivity index (χ3v) is 2.06. The number of hydrogen-bond donors (Lipinski definition) is 4. The van der Waals surface area contributed by atoms with Gasteiger partial charge >= 0.3 is 5.97 Å². The summed E-state index contributed by atoms with van der Waals surface area (Å²) >= 11 is 0. The van der Waals surface area contributed by atoms with Gasteiger partial charge in [-0.2, -0.15) is 0 Å². The lowest BCUT2D eigenvalue weighted by Gasteiger charge is -2.23. The predicted molar refractivity (Wildman–Crippen MR) is 54.6 cm³/mol. The molecule has 1 rings (SSSR count). The highest BCUT2D eigenvalue weighted by Gasteiger charge is 2.23. The normalized spacial score (nSPS) is 14.2. The Morgan fingerprint density at radius 1 is 1.50 bits per heavy atom. The van der Waals surface area contributed by atoms with Crippen LogP contribution in [0.25, 0.3) is 0 Å². The molecule has 7 heteroatoms. The van der Waals surface area contributed by atoms with Crippen LogP contribution in [0.2, 0.25) is 0 Å². The second-order valence-electron chi connectivity index (χ2n) is 3.18. The van der Waals surface area contributed by atoms with Gasteiger partial charge in [-0.25, -0.2) is 0 Å². The zero-order valence-corrected chi connectivity index (χ0v) is 8.15. The fourth-order valence-corrected chi connectivity index (χ4v) is 1.17. The van der Waals surface area contributed by atoms with Crippen molar-refractivity contribution in [2.75, 3.05) is 5.23 Å². The number of benzene rings is 1. The summed E-state index contributed by atoms with van der Waals surface area (Å²) in [5, 5.41) is 37.0. The van der Waals surface area contributed by atoms with E-state index in [1.165, 1.54) is 18.2 Å². The highest BCUT2D eigenvalue weighted by atomic mass is 16.8. The van der Waals surface area contributed by atoms with Crippen molar-refractivity contribution < 1.29 is 20.2 Å². The molecule has 0 aliphatic rings. The largest absolute Gasteiger partial charge is 0.733 e. The molecule has 0 aliphatic carbocycles. The molecule has 0 unspecified atom stereocenters. The van der Waals surface area contributed by atoms with Crippen molar-refractivity contribution >= 4 is 11.7 Å². The van der Waals surface area contributed by atoms with Gasteiger partial charge in [-0.3, -0.25) is 10.0 Å². The Morgan fingerprint density at radius 3 is 2.62 bits per heavy atom. The Balaban J connectivity index is 2.95. The number of hydrogen-bond acceptors (Lipinski definition) is 6. The molecule has 0 aliphatic heterocycles. The lowest BCUT2D eigenvalue weighted by molar-refractivity contribution is -0.141. The van der Waals surface area contributed by atoms with Gasteiger partial charge in [0.15, 0.2) is 0 Å². The number of aliphatic hydroxyl groups excluding tert-OH is 1. The van der Waals surface area contributed by atoms with Crippen molar-refractivity contribution in [1.82, 2.24) is 0 Å². The zero-order chi connectivity index (χ0) is 12.3. The second-order valence-corrected chi connectivity index (χ2v) is 3.18. The molecule has 7 nitrogen and oxygen atoms in total. The number of carboxylic acid groups (broad SMARTS) is 1. The molecule has 0 amide bonds. The summed E-state index contributed by atoms with van der Waals surface area (Å²) in [5.74, 6) is -1.36. The predicted octanol–water partition coefficient (Wildman–Crippen LogP) is -0.175. The Bertz CT molecular complexity index is 382. The quantitative estimate of drug-likeness (QED) is 0.525. The van der Waals surface area contributed by atoms with Gasteiger partial charge in [-0.1, -0.05) is 12.1 Å². The van der Waals surface area contributed by atoms with Crippen LogP contribution in [0.3, 0.4) is 0 Å². The van der Waals surface area contributed by atoms with Crippen LogP contribution >= 0.6 is 0 Å². The summed E-state index contributed by atoms with van der Waals surface area (Å²) < 4.78 is 0. The number of rotatable bonds is 4. The van der Waals surface area contributed by atoms with Crippen molar-refractivity contribution in [1.29, 1.82) is 0 Å². The first-order valence-corrected chi connectivity index (χ1v) is 4.36. The molecule has 0 bridgehead atoms. The van der Waals surface area contributed by atoms with E-state index in [1.807, 2.05) is 0 Å². The van der Waals surface area contributed by atoms with Crippen LogP contribution in [-0.2, 0) is 4.79 Å². The Kier molecular flexibility index (Phi) is 3.80. The number of aliphatic hydroxyl groups is 1. The van der Waals surface area contributed by atoms with E-state index in [-0.39, 0.29) is 16.5 Å². The molecular weight excluding hydrogens is 216 g/mol. The van der Waals surface area contributed by atoms with Crippen molar-refractivity contribution in [2.45, 2.75) is 12.1 Å². The molecule has 0 saturated heterocycles. The van der Waals surface area contributed by atoms with Crippen LogP contribution in [0, 0.1) is 5.21 Å². The number of carboxylic acids is 1. The van der Waals surface area contributed by atoms with Gasteiger partial charge in [0.05, 0.1) is 5.69 Å². The van der Waals surface area contributed by atoms with E-state index >= 15 is 0 Å². The Labute approximate surface area is 90.9 Å². The van der Waals surface area contributed by atoms with Crippen LogP contribution in [0.1, 0.15) is 11.7 Å². The van der Waals surface area contributed by atoms with E-state index in [9.17, 15) is 15.1 Å². The van der Waals surface area contributed by atoms with Gasteiger partial charge in [0.25, 0.3) is 0 Å². The lowest BCUT2D eigenvalue weighted by atomic mass is 10.0. The first-order valence-electron chi connectivity index (χ1n) is 4.36. The zero-order valence-electron chi connectivity index (χ0n) is 8.15. The van der Waals surface area contributed by atoms with Gasteiger partial charge in [-0.05, 0) is 17.7 Å². The van der Waals surface area contributed by atoms with E-state index in [2.05, 4.69) is 0 Å². The number of nitrogens with zero attached hydrogens (tertiary/aromatic N) is 1. The average Bonchev–Trinajstić information content (AvgIpc) is 2.27. The molecule has 0 aromatic heterocycles. The molecule has 1 aromatic rings. The van der Waals surface area contributed by atoms with Crippen LogP contribution in [0.4, 0.5) is 5.69 Å². The summed E-state index contributed by atoms with van der Waals surface area (Å²) in [6.07, 6.45) is -1.45. The SMILES string of the molecule is N[C@@H](C(=O)O)[C@@H](O)c1cccc(N([O-])O)c1. The fourth-order valence-electron chi connectivity index (χ4n) is 1.17. The van der Waals surface area contributed by atoms with E-state index in [4.69, 9.17) is 16.0 Å². The third-order valence-electron chi connectivity index (χ3n) is 2.06. The first kappa shape index (κ1) is 12.4. The maximum Gasteiger partial charge on any atom is 0.323 e. The summed E-state index contributed by atoms with van der Waals surface area (Å²) in [6.45, 7) is 0. The third kappa shape index (κ3) is 2.67. The molecule has 1 aromatic carbocycles. The summed E-state index contributed by atoms with van der Waals surface area (Å²) in [5.41, 5.74) is 5.24. The minimum Gasteiger partial charge on any atom is -0.733 e. The van der Waals surface area contributed by atoms with Crippen LogP contribution in [-0.4, -0.2) is 27.4 Å². The van der Waals surface area contributed by atoms with Crippen molar-refractivity contribution in [3.05, 3.63) is 35.0 Å². The highest BCUT2D eigenvalue weighted by molar-refractivity contribution is 5.74. The van der Waals surface area contributed by atoms with E-state index in [0.29, 0.717) is 0 Å². The van der Waals surface area contributed by atoms with Crippen LogP contribution < -0.4 is 11.0 Å². The summed E-state index contributed by atoms with van der Waals surface area (Å²) in [4.78, 5) is 10.5. The van der Waals surface area contributed by atoms with Gasteiger partial charge in [0, 0.05) is 0 Å². The average molecular weight is 227 g/mol. The molecule has 0 saturated carbocycles. The number of anilines is 1. The molecule has 16 heavy (non-hydrogen) atoms. The van der Waals surface area contributed by atoms with Crippen molar-refractivity contribution in [3.63, 3.8) is 0 Å². The lowest BCUT2D eigenvalue weighted by Crippen LogP contribution is -2.36. The molecule has 0 heterocycles. The second kappa shape index (κ2) is 4.90. The molecular formula is C9H11N2O5-. The summed E-state index contributed by atoms with van der Waals surface area (Å²) in [7, 11) is 0. The van der Waals surface area contributed by atoms with Gasteiger partial charge < -0.3 is 26.4 Å². The standard InChI is InChI=1S/C9H11N2O5/c10-7(9(13)14)8(12)5-2-1-3-6(4-5)11(15)16/h1-4,7-8,12,15H,10H2,(H,13,14)/q-1/t7-,8+/m1/s1. The van der Waals surface area contributed by atoms with Gasteiger partial charge in [0.2, 0.25) is 0 Å². The Hall–Kier alpha value is -1.67. The number of nitrogens with two attached hydrogens (primary N) is 1. The van der Waals surface area contributed by atoms with E-state index in [0.717, 1.165) is 6.07 Å². The highest BCUT2D eigenvalue weighted by Crippen LogP contribution is 2.21. The fraction of sp³-hybridized carbons (Fsp3) is 0.222. The molecule has 0 spiro atoms. The number of aliphatic carboxylic acids is 1. The van der Waals surface area contributed by atoms with Crippen LogP contribution in [0.15, 0.2) is 24.3 Å². The minimum absolute atomic E-state index is 0.117. The monoisotopic (exact) mass is 227 g/mol. The molecule has 0 radical (unpaired) electrons. The van der Waals surface area contributed by atoms with Crippen molar-refractivity contribution in [2.24, 2.45) is 5.73 Å². The maximum absolute atomic E-state index is 10.6. The van der Waals surface area contributed by atoms with E-state index < -0.39 is 18.1 Å². The first-order chi connectivity index (χ1) is 7.43. The maximum atomic E-state index is 10.6. The van der Waals surface area contributed by atoms with Crippen LogP contribution in [0.5, 0.6) is 0 Å². The van der Waals surface area contributed by atoms with E-state index in [1.54, 1.807) is 0 Å². The number of carbonyl (C=O) groups is 1. The minimum atomic E-state index is -1.49. The van der Waals surface area contributed by atoms with Gasteiger partial charge in [-0.15, -0.1) is 0 Å². The molecule has 88 valence electrons. The smallest absolute Gasteiger partial charge is 0.323 e. The van der Waals surface area contributed by atoms with Crippen molar-refractivity contribution in [3.8, 4) is 0 Å². The topological polar surface area (TPSA) is 130 Å². The summed E-state index contributed by atoms with van der Waals surface area (Å²) in [6, 6.07) is 3.76. The molecule has 0 fully saturated rings. The Morgan fingerprint density at radius 2 is 2.12 bits per heavy atom. The van der Waals surface area contributed by atoms with Gasteiger partial charge in [0.1, 0.15) is 12.1 Å². The molecule has 5 N–H and O–H groups in total. The molecule has 2 atom stereocenters.